The summed E-state index contributed by atoms with van der Waals surface area (Å²) < 4.78 is 6.11. The summed E-state index contributed by atoms with van der Waals surface area (Å²) in [5, 5.41) is 11.0. The van der Waals surface area contributed by atoms with Crippen molar-refractivity contribution in [3.05, 3.63) is 75.1 Å². The van der Waals surface area contributed by atoms with E-state index in [0.717, 1.165) is 34.2 Å². The fraction of sp³-hybridized carbons (Fsp3) is 0.333. The van der Waals surface area contributed by atoms with Crippen LogP contribution in [0.4, 0.5) is 0 Å². The van der Waals surface area contributed by atoms with Gasteiger partial charge in [-0.25, -0.2) is 0 Å². The number of H-pyrrole nitrogens is 1. The molecule has 2 atom stereocenters. The summed E-state index contributed by atoms with van der Waals surface area (Å²) in [4.78, 5) is 15.1. The number of rotatable bonds is 4. The molecule has 4 heteroatoms. The van der Waals surface area contributed by atoms with Crippen LogP contribution >= 0.6 is 0 Å². The molecule has 0 amide bonds. The lowest BCUT2D eigenvalue weighted by molar-refractivity contribution is 0.199. The third-order valence-electron chi connectivity index (χ3n) is 5.78. The SMILES string of the molecule is CCc1cc2ccc([C@](C)(C#N)C[C@@H]3Cc4cc(C)ccc4O3)cc2[nH]c1=O. The first-order valence-electron chi connectivity index (χ1n) is 9.76. The number of nitrogens with zero attached hydrogens (tertiary/aromatic N) is 1. The van der Waals surface area contributed by atoms with Gasteiger partial charge in [-0.3, -0.25) is 4.79 Å². The highest BCUT2D eigenvalue weighted by Crippen LogP contribution is 2.37. The Kier molecular flexibility index (Phi) is 4.47. The van der Waals surface area contributed by atoms with Crippen LogP contribution < -0.4 is 10.3 Å². The summed E-state index contributed by atoms with van der Waals surface area (Å²) >= 11 is 0. The summed E-state index contributed by atoms with van der Waals surface area (Å²) in [6.07, 6.45) is 2.08. The molecule has 1 aliphatic rings. The first-order valence-corrected chi connectivity index (χ1v) is 9.76. The maximum atomic E-state index is 12.2. The van der Waals surface area contributed by atoms with Crippen molar-refractivity contribution in [2.45, 2.75) is 51.6 Å². The monoisotopic (exact) mass is 372 g/mol. The van der Waals surface area contributed by atoms with Gasteiger partial charge < -0.3 is 9.72 Å². The van der Waals surface area contributed by atoms with E-state index in [4.69, 9.17) is 4.74 Å². The maximum absolute atomic E-state index is 12.2. The summed E-state index contributed by atoms with van der Waals surface area (Å²) in [6, 6.07) is 16.6. The van der Waals surface area contributed by atoms with Crippen LogP contribution in [0, 0.1) is 18.3 Å². The summed E-state index contributed by atoms with van der Waals surface area (Å²) in [5.74, 6) is 0.922. The van der Waals surface area contributed by atoms with Gasteiger partial charge in [0, 0.05) is 23.9 Å². The first kappa shape index (κ1) is 18.3. The Labute approximate surface area is 164 Å². The second-order valence-electron chi connectivity index (χ2n) is 7.98. The van der Waals surface area contributed by atoms with Crippen LogP contribution in [0.3, 0.4) is 0 Å². The summed E-state index contributed by atoms with van der Waals surface area (Å²) in [5.41, 5.74) is 4.12. The number of benzene rings is 2. The van der Waals surface area contributed by atoms with Crippen molar-refractivity contribution in [2.75, 3.05) is 0 Å². The van der Waals surface area contributed by atoms with E-state index in [-0.39, 0.29) is 11.7 Å². The molecule has 0 saturated carbocycles. The number of fused-ring (bicyclic) bond motifs is 2. The molecule has 4 nitrogen and oxygen atoms in total. The zero-order valence-electron chi connectivity index (χ0n) is 16.5. The third kappa shape index (κ3) is 3.18. The molecule has 1 aliphatic heterocycles. The van der Waals surface area contributed by atoms with Crippen molar-refractivity contribution in [2.24, 2.45) is 0 Å². The minimum Gasteiger partial charge on any atom is -0.490 e. The van der Waals surface area contributed by atoms with Gasteiger partial charge in [0.05, 0.1) is 11.5 Å². The van der Waals surface area contributed by atoms with E-state index >= 15 is 0 Å². The number of ether oxygens (including phenoxy) is 1. The maximum Gasteiger partial charge on any atom is 0.251 e. The molecule has 0 aliphatic carbocycles. The predicted octanol–water partition coefficient (Wildman–Crippen LogP) is 4.57. The van der Waals surface area contributed by atoms with Crippen LogP contribution in [0.25, 0.3) is 10.9 Å². The second-order valence-corrected chi connectivity index (χ2v) is 7.98. The highest BCUT2D eigenvalue weighted by molar-refractivity contribution is 5.80. The molecule has 1 N–H and O–H groups in total. The van der Waals surface area contributed by atoms with Crippen LogP contribution in [0.2, 0.25) is 0 Å². The van der Waals surface area contributed by atoms with Crippen LogP contribution in [-0.2, 0) is 18.3 Å². The lowest BCUT2D eigenvalue weighted by Gasteiger charge is -2.25. The smallest absolute Gasteiger partial charge is 0.251 e. The van der Waals surface area contributed by atoms with Crippen molar-refractivity contribution in [3.63, 3.8) is 0 Å². The van der Waals surface area contributed by atoms with E-state index in [9.17, 15) is 10.1 Å². The second kappa shape index (κ2) is 6.83. The van der Waals surface area contributed by atoms with E-state index in [2.05, 4.69) is 30.1 Å². The minimum atomic E-state index is -0.698. The van der Waals surface area contributed by atoms with Gasteiger partial charge in [-0.1, -0.05) is 36.8 Å². The number of nitrogens with one attached hydrogen (secondary N) is 1. The number of aryl methyl sites for hydroxylation is 2. The molecular formula is C24H24N2O2. The minimum absolute atomic E-state index is 0.0290. The van der Waals surface area contributed by atoms with Crippen LogP contribution in [0.15, 0.2) is 47.3 Å². The molecule has 0 radical (unpaired) electrons. The molecule has 0 saturated heterocycles. The van der Waals surface area contributed by atoms with Gasteiger partial charge in [-0.2, -0.15) is 5.26 Å². The normalized spacial score (nSPS) is 17.6. The topological polar surface area (TPSA) is 65.9 Å². The van der Waals surface area contributed by atoms with Crippen LogP contribution in [0.1, 0.15) is 42.5 Å². The average molecular weight is 372 g/mol. The third-order valence-corrected chi connectivity index (χ3v) is 5.78. The Morgan fingerprint density at radius 1 is 1.25 bits per heavy atom. The number of pyridine rings is 1. The largest absolute Gasteiger partial charge is 0.490 e. The summed E-state index contributed by atoms with van der Waals surface area (Å²) in [6.45, 7) is 6.00. The number of aromatic amines is 1. The molecule has 142 valence electrons. The quantitative estimate of drug-likeness (QED) is 0.729. The molecule has 1 aromatic heterocycles. The lowest BCUT2D eigenvalue weighted by atomic mass is 9.78. The lowest BCUT2D eigenvalue weighted by Crippen LogP contribution is -2.29. The fourth-order valence-corrected chi connectivity index (χ4v) is 4.10. The van der Waals surface area contributed by atoms with Crippen LogP contribution in [-0.4, -0.2) is 11.1 Å². The zero-order valence-corrected chi connectivity index (χ0v) is 16.5. The Hall–Kier alpha value is -3.06. The predicted molar refractivity (Wildman–Crippen MR) is 111 cm³/mol. The van der Waals surface area contributed by atoms with Gasteiger partial charge in [-0.05, 0) is 55.0 Å². The van der Waals surface area contributed by atoms with Gasteiger partial charge in [0.25, 0.3) is 5.56 Å². The molecule has 3 aromatic rings. The van der Waals surface area contributed by atoms with Crippen molar-refractivity contribution >= 4 is 10.9 Å². The zero-order chi connectivity index (χ0) is 19.9. The number of hydrogen-bond acceptors (Lipinski definition) is 3. The van der Waals surface area contributed by atoms with E-state index in [1.54, 1.807) is 0 Å². The van der Waals surface area contributed by atoms with Crippen LogP contribution in [0.5, 0.6) is 5.75 Å². The molecule has 28 heavy (non-hydrogen) atoms. The van der Waals surface area contributed by atoms with Crippen molar-refractivity contribution < 1.29 is 4.74 Å². The molecule has 0 spiro atoms. The van der Waals surface area contributed by atoms with Gasteiger partial charge in [0.1, 0.15) is 11.9 Å². The van der Waals surface area contributed by atoms with Gasteiger partial charge >= 0.3 is 0 Å². The highest BCUT2D eigenvalue weighted by Gasteiger charge is 2.34. The van der Waals surface area contributed by atoms with E-state index in [0.29, 0.717) is 12.8 Å². The highest BCUT2D eigenvalue weighted by atomic mass is 16.5. The van der Waals surface area contributed by atoms with E-state index in [1.165, 1.54) is 11.1 Å². The molecule has 0 fully saturated rings. The Balaban J connectivity index is 1.64. The van der Waals surface area contributed by atoms with Gasteiger partial charge in [0.2, 0.25) is 0 Å². The van der Waals surface area contributed by atoms with Gasteiger partial charge in [0.15, 0.2) is 0 Å². The number of nitriles is 1. The van der Waals surface area contributed by atoms with Crippen molar-refractivity contribution in [1.29, 1.82) is 5.26 Å². The molecule has 0 bridgehead atoms. The van der Waals surface area contributed by atoms with Crippen molar-refractivity contribution in [3.8, 4) is 11.8 Å². The number of hydrogen-bond donors (Lipinski definition) is 1. The Morgan fingerprint density at radius 2 is 2.07 bits per heavy atom. The molecular weight excluding hydrogens is 348 g/mol. The molecule has 2 aromatic carbocycles. The molecule has 4 rings (SSSR count). The Bertz CT molecular complexity index is 1160. The molecule has 2 heterocycles. The van der Waals surface area contributed by atoms with Gasteiger partial charge in [-0.15, -0.1) is 0 Å². The summed E-state index contributed by atoms with van der Waals surface area (Å²) in [7, 11) is 0. The van der Waals surface area contributed by atoms with E-state index in [1.807, 2.05) is 44.2 Å². The molecule has 0 unspecified atom stereocenters. The van der Waals surface area contributed by atoms with Crippen molar-refractivity contribution in [1.82, 2.24) is 4.98 Å². The average Bonchev–Trinajstić information content (AvgIpc) is 3.07. The first-order chi connectivity index (χ1) is 13.4. The Morgan fingerprint density at radius 3 is 2.82 bits per heavy atom. The van der Waals surface area contributed by atoms with E-state index < -0.39 is 5.41 Å². The standard InChI is InChI=1S/C24H24N2O2/c1-4-16-10-17-6-7-19(12-21(17)26-23(16)27)24(3,14-25)13-20-11-18-9-15(2)5-8-22(18)28-20/h5-10,12,20H,4,11,13H2,1-3H3,(H,26,27)/t20-,24-/m0/s1. The number of aromatic nitrogens is 1. The fourth-order valence-electron chi connectivity index (χ4n) is 4.10.